The zero-order chi connectivity index (χ0) is 22.1. The molecule has 0 aromatic heterocycles. The Morgan fingerprint density at radius 3 is 1.93 bits per heavy atom. The summed E-state index contributed by atoms with van der Waals surface area (Å²) < 4.78 is 6.06. The van der Waals surface area contributed by atoms with Crippen LogP contribution >= 0.6 is 0 Å². The van der Waals surface area contributed by atoms with Crippen LogP contribution in [0.1, 0.15) is 89.0 Å². The fourth-order valence-corrected chi connectivity index (χ4v) is 3.51. The van der Waals surface area contributed by atoms with E-state index in [1.165, 1.54) is 12.1 Å². The van der Waals surface area contributed by atoms with Gasteiger partial charge in [-0.25, -0.2) is 14.4 Å². The first-order valence-corrected chi connectivity index (χ1v) is 10.2. The van der Waals surface area contributed by atoms with Crippen molar-refractivity contribution >= 4 is 17.9 Å². The maximum Gasteiger partial charge on any atom is 0.339 e. The minimum atomic E-state index is -1.38. The zero-order valence-electron chi connectivity index (χ0n) is 17.4. The molecule has 160 valence electrons. The number of carboxylic acids is 2. The van der Waals surface area contributed by atoms with Crippen LogP contribution in [0.2, 0.25) is 0 Å². The number of aromatic carboxylic acids is 2. The van der Waals surface area contributed by atoms with Crippen LogP contribution in [0.25, 0.3) is 0 Å². The number of ether oxygens (including phenoxy) is 1. The Balaban J connectivity index is 2.50. The van der Waals surface area contributed by atoms with Crippen molar-refractivity contribution in [1.29, 1.82) is 0 Å². The van der Waals surface area contributed by atoms with Crippen molar-refractivity contribution in [3.8, 4) is 0 Å². The van der Waals surface area contributed by atoms with Crippen molar-refractivity contribution in [2.75, 3.05) is 0 Å². The fourth-order valence-electron chi connectivity index (χ4n) is 3.51. The van der Waals surface area contributed by atoms with E-state index in [1.54, 1.807) is 0 Å². The van der Waals surface area contributed by atoms with Gasteiger partial charge in [-0.05, 0) is 49.4 Å². The first-order chi connectivity index (χ1) is 14.3. The molecule has 2 rings (SSSR count). The van der Waals surface area contributed by atoms with Gasteiger partial charge in [0.25, 0.3) is 0 Å². The minimum absolute atomic E-state index is 0.152. The molecular formula is C24H28O6. The maximum atomic E-state index is 13.1. The molecule has 0 amide bonds. The van der Waals surface area contributed by atoms with Crippen molar-refractivity contribution in [1.82, 2.24) is 0 Å². The summed E-state index contributed by atoms with van der Waals surface area (Å²) in [5.74, 6) is -3.40. The highest BCUT2D eigenvalue weighted by atomic mass is 16.6. The minimum Gasteiger partial charge on any atom is -0.478 e. The summed E-state index contributed by atoms with van der Waals surface area (Å²) in [5.41, 5.74) is -0.728. The van der Waals surface area contributed by atoms with E-state index >= 15 is 0 Å². The number of carboxylic acid groups (broad SMARTS) is 2. The summed E-state index contributed by atoms with van der Waals surface area (Å²) in [5, 5.41) is 18.7. The number of esters is 1. The normalized spacial score (nSPS) is 11.1. The Morgan fingerprint density at radius 2 is 1.43 bits per heavy atom. The van der Waals surface area contributed by atoms with Crippen molar-refractivity contribution in [3.63, 3.8) is 0 Å². The van der Waals surface area contributed by atoms with Crippen LogP contribution in [-0.4, -0.2) is 28.1 Å². The summed E-state index contributed by atoms with van der Waals surface area (Å²) in [6, 6.07) is 12.9. The molecule has 0 unspecified atom stereocenters. The lowest BCUT2D eigenvalue weighted by Gasteiger charge is -2.34. The van der Waals surface area contributed by atoms with E-state index in [2.05, 4.69) is 13.8 Å². The number of hydrogen-bond donors (Lipinski definition) is 2. The van der Waals surface area contributed by atoms with Crippen molar-refractivity contribution < 1.29 is 29.3 Å². The van der Waals surface area contributed by atoms with Crippen LogP contribution in [-0.2, 0) is 10.3 Å². The Morgan fingerprint density at radius 1 is 0.833 bits per heavy atom. The highest BCUT2D eigenvalue weighted by Crippen LogP contribution is 2.38. The van der Waals surface area contributed by atoms with E-state index < -0.39 is 23.5 Å². The molecule has 0 aliphatic heterocycles. The summed E-state index contributed by atoms with van der Waals surface area (Å²) in [4.78, 5) is 36.0. The van der Waals surface area contributed by atoms with E-state index in [9.17, 15) is 19.5 Å². The standard InChI is InChI=1S/C24H28O6/c1-3-5-14-24(15-6-4-2,18-10-8-7-9-11-18)30-23(29)19-13-12-17(21(25)26)16-20(19)22(27)28/h7-13,16H,3-6,14-15H2,1-2H3,(H,25,26)(H,27,28). The van der Waals surface area contributed by atoms with E-state index in [-0.39, 0.29) is 16.7 Å². The van der Waals surface area contributed by atoms with Gasteiger partial charge in [-0.15, -0.1) is 0 Å². The van der Waals surface area contributed by atoms with Crippen LogP contribution in [0.15, 0.2) is 48.5 Å². The second-order valence-electron chi connectivity index (χ2n) is 7.33. The number of rotatable bonds is 11. The second kappa shape index (κ2) is 10.6. The largest absolute Gasteiger partial charge is 0.478 e. The Hall–Kier alpha value is -3.15. The molecule has 30 heavy (non-hydrogen) atoms. The molecular weight excluding hydrogens is 384 g/mol. The topological polar surface area (TPSA) is 101 Å². The Kier molecular flexibility index (Phi) is 8.16. The third kappa shape index (κ3) is 5.47. The number of carbonyl (C=O) groups is 3. The van der Waals surface area contributed by atoms with Crippen molar-refractivity contribution in [2.24, 2.45) is 0 Å². The second-order valence-corrected chi connectivity index (χ2v) is 7.33. The first kappa shape index (κ1) is 23.1. The molecule has 0 aliphatic rings. The molecule has 2 aromatic carbocycles. The van der Waals surface area contributed by atoms with E-state index in [0.29, 0.717) is 12.8 Å². The van der Waals surface area contributed by atoms with Crippen LogP contribution in [0.5, 0.6) is 0 Å². The molecule has 0 fully saturated rings. The molecule has 2 N–H and O–H groups in total. The molecule has 0 radical (unpaired) electrons. The highest BCUT2D eigenvalue weighted by Gasteiger charge is 2.36. The van der Waals surface area contributed by atoms with Gasteiger partial charge in [0.2, 0.25) is 0 Å². The molecule has 0 bridgehead atoms. The SMILES string of the molecule is CCCCC(CCCC)(OC(=O)c1ccc(C(=O)O)cc1C(=O)O)c1ccccc1. The van der Waals surface area contributed by atoms with Gasteiger partial charge in [-0.3, -0.25) is 0 Å². The summed E-state index contributed by atoms with van der Waals surface area (Å²) in [6.07, 6.45) is 4.77. The Labute approximate surface area is 176 Å². The van der Waals surface area contributed by atoms with E-state index in [0.717, 1.165) is 37.3 Å². The van der Waals surface area contributed by atoms with Gasteiger partial charge in [0.1, 0.15) is 5.60 Å². The molecule has 0 aliphatic carbocycles. The highest BCUT2D eigenvalue weighted by molar-refractivity contribution is 6.04. The molecule has 0 heterocycles. The molecule has 0 saturated carbocycles. The molecule has 0 atom stereocenters. The number of unbranched alkanes of at least 4 members (excludes halogenated alkanes) is 2. The van der Waals surface area contributed by atoms with Crippen molar-refractivity contribution in [3.05, 3.63) is 70.8 Å². The van der Waals surface area contributed by atoms with E-state index in [1.807, 2.05) is 30.3 Å². The van der Waals surface area contributed by atoms with Crippen molar-refractivity contribution in [2.45, 2.75) is 58.0 Å². The monoisotopic (exact) mass is 412 g/mol. The van der Waals surface area contributed by atoms with Gasteiger partial charge in [0.05, 0.1) is 16.7 Å². The molecule has 0 spiro atoms. The number of benzene rings is 2. The maximum absolute atomic E-state index is 13.1. The van der Waals surface area contributed by atoms with Crippen LogP contribution in [0.4, 0.5) is 0 Å². The van der Waals surface area contributed by atoms with Crippen LogP contribution < -0.4 is 0 Å². The first-order valence-electron chi connectivity index (χ1n) is 10.2. The number of hydrogen-bond acceptors (Lipinski definition) is 4. The van der Waals surface area contributed by atoms with Gasteiger partial charge in [-0.2, -0.15) is 0 Å². The molecule has 6 nitrogen and oxygen atoms in total. The third-order valence-corrected chi connectivity index (χ3v) is 5.17. The van der Waals surface area contributed by atoms with Crippen LogP contribution in [0.3, 0.4) is 0 Å². The third-order valence-electron chi connectivity index (χ3n) is 5.17. The predicted octanol–water partition coefficient (Wildman–Crippen LogP) is 5.52. The van der Waals surface area contributed by atoms with Crippen LogP contribution in [0, 0.1) is 0 Å². The van der Waals surface area contributed by atoms with Gasteiger partial charge >= 0.3 is 17.9 Å². The summed E-state index contributed by atoms with van der Waals surface area (Å²) in [6.45, 7) is 4.12. The molecule has 0 saturated heterocycles. The average molecular weight is 412 g/mol. The lowest BCUT2D eigenvalue weighted by Crippen LogP contribution is -2.33. The smallest absolute Gasteiger partial charge is 0.339 e. The van der Waals surface area contributed by atoms with Gasteiger partial charge in [0.15, 0.2) is 0 Å². The summed E-state index contributed by atoms with van der Waals surface area (Å²) >= 11 is 0. The average Bonchev–Trinajstić information content (AvgIpc) is 2.75. The lowest BCUT2D eigenvalue weighted by atomic mass is 9.83. The number of carbonyl (C=O) groups excluding carboxylic acids is 1. The quantitative estimate of drug-likeness (QED) is 0.472. The zero-order valence-corrected chi connectivity index (χ0v) is 17.4. The van der Waals surface area contributed by atoms with Gasteiger partial charge < -0.3 is 14.9 Å². The lowest BCUT2D eigenvalue weighted by molar-refractivity contribution is -0.0337. The summed E-state index contributed by atoms with van der Waals surface area (Å²) in [7, 11) is 0. The van der Waals surface area contributed by atoms with Gasteiger partial charge in [0, 0.05) is 0 Å². The van der Waals surface area contributed by atoms with Gasteiger partial charge in [-0.1, -0.05) is 57.0 Å². The molecule has 2 aromatic rings. The Bertz CT molecular complexity index is 880. The predicted molar refractivity (Wildman–Crippen MR) is 113 cm³/mol. The van der Waals surface area contributed by atoms with E-state index in [4.69, 9.17) is 9.84 Å². The fraction of sp³-hybridized carbons (Fsp3) is 0.375. The molecule has 6 heteroatoms.